The number of alkyl carbamates (subject to hydrolysis) is 1. The number of H-pyrrole nitrogens is 1. The number of esters is 1. The molecular weight excluding hydrogens is 414 g/mol. The lowest BCUT2D eigenvalue weighted by Gasteiger charge is -2.24. The summed E-state index contributed by atoms with van der Waals surface area (Å²) in [5.41, 5.74) is 0.982. The highest BCUT2D eigenvalue weighted by Gasteiger charge is 2.29. The van der Waals surface area contributed by atoms with Crippen molar-refractivity contribution >= 4 is 34.7 Å². The highest BCUT2D eigenvalue weighted by Crippen LogP contribution is 2.19. The van der Waals surface area contributed by atoms with Crippen molar-refractivity contribution in [3.05, 3.63) is 36.0 Å². The first-order valence-corrected chi connectivity index (χ1v) is 10.4. The van der Waals surface area contributed by atoms with Crippen molar-refractivity contribution in [2.45, 2.75) is 64.6 Å². The Hall–Kier alpha value is -3.36. The number of aromatic nitrogens is 1. The molecule has 0 bridgehead atoms. The van der Waals surface area contributed by atoms with Crippen LogP contribution in [0.15, 0.2) is 30.5 Å². The molecule has 9 nitrogen and oxygen atoms in total. The van der Waals surface area contributed by atoms with Crippen molar-refractivity contribution < 1.29 is 28.7 Å². The van der Waals surface area contributed by atoms with Gasteiger partial charge in [0.25, 0.3) is 0 Å². The van der Waals surface area contributed by atoms with Crippen molar-refractivity contribution in [2.75, 3.05) is 7.11 Å². The number of para-hydroxylation sites is 1. The Morgan fingerprint density at radius 2 is 1.75 bits per heavy atom. The Labute approximate surface area is 187 Å². The van der Waals surface area contributed by atoms with Crippen molar-refractivity contribution in [2.24, 2.45) is 0 Å². The molecule has 3 N–H and O–H groups in total. The van der Waals surface area contributed by atoms with E-state index in [1.54, 1.807) is 27.0 Å². The van der Waals surface area contributed by atoms with Crippen LogP contribution in [-0.2, 0) is 30.3 Å². The van der Waals surface area contributed by atoms with Gasteiger partial charge >= 0.3 is 12.1 Å². The van der Waals surface area contributed by atoms with E-state index in [0.717, 1.165) is 16.5 Å². The van der Waals surface area contributed by atoms with E-state index in [1.165, 1.54) is 14.0 Å². The SMILES string of the molecule is COC(=O)[C@H](Cc1c[nH]c2ccccc12)NC(=O)[C@H](CCC(C)=O)NC(=O)OC(C)(C)C. The average molecular weight is 446 g/mol. The zero-order valence-corrected chi connectivity index (χ0v) is 19.1. The summed E-state index contributed by atoms with van der Waals surface area (Å²) in [7, 11) is 1.24. The summed E-state index contributed by atoms with van der Waals surface area (Å²) in [5.74, 6) is -1.35. The Bertz CT molecular complexity index is 976. The van der Waals surface area contributed by atoms with E-state index in [0.29, 0.717) is 0 Å². The van der Waals surface area contributed by atoms with E-state index in [9.17, 15) is 19.2 Å². The van der Waals surface area contributed by atoms with Crippen LogP contribution in [0.5, 0.6) is 0 Å². The number of aromatic amines is 1. The van der Waals surface area contributed by atoms with Gasteiger partial charge in [0.05, 0.1) is 7.11 Å². The second-order valence-corrected chi connectivity index (χ2v) is 8.59. The minimum Gasteiger partial charge on any atom is -0.467 e. The molecule has 0 radical (unpaired) electrons. The van der Waals surface area contributed by atoms with Crippen LogP contribution in [0.2, 0.25) is 0 Å². The molecule has 0 aliphatic rings. The molecule has 2 atom stereocenters. The fraction of sp³-hybridized carbons (Fsp3) is 0.478. The van der Waals surface area contributed by atoms with Gasteiger partial charge in [-0.05, 0) is 45.7 Å². The Kier molecular flexibility index (Phi) is 8.40. The quantitative estimate of drug-likeness (QED) is 0.509. The summed E-state index contributed by atoms with van der Waals surface area (Å²) >= 11 is 0. The lowest BCUT2D eigenvalue weighted by molar-refractivity contribution is -0.145. The summed E-state index contributed by atoms with van der Waals surface area (Å²) in [6, 6.07) is 5.57. The predicted octanol–water partition coefficient (Wildman–Crippen LogP) is 2.63. The van der Waals surface area contributed by atoms with Gasteiger partial charge in [0.15, 0.2) is 0 Å². The molecule has 0 spiro atoms. The van der Waals surface area contributed by atoms with Crippen molar-refractivity contribution in [1.29, 1.82) is 0 Å². The molecule has 0 saturated heterocycles. The Morgan fingerprint density at radius 3 is 2.38 bits per heavy atom. The van der Waals surface area contributed by atoms with Crippen LogP contribution < -0.4 is 10.6 Å². The Morgan fingerprint density at radius 1 is 1.06 bits per heavy atom. The largest absolute Gasteiger partial charge is 0.467 e. The normalized spacial score (nSPS) is 13.2. The molecule has 0 fully saturated rings. The molecule has 2 amide bonds. The minimum absolute atomic E-state index is 0.0708. The molecule has 1 heterocycles. The number of carbonyl (C=O) groups is 4. The number of rotatable bonds is 9. The standard InChI is InChI=1S/C23H31N3O6/c1-14(27)10-11-18(26-22(30)32-23(2,3)4)20(28)25-19(21(29)31-5)12-15-13-24-17-9-7-6-8-16(15)17/h6-9,13,18-19,24H,10-12H2,1-5H3,(H,25,28)(H,26,30)/t18-,19-/m0/s1. The molecule has 1 aromatic carbocycles. The maximum atomic E-state index is 13.0. The third-order valence-electron chi connectivity index (χ3n) is 4.69. The number of fused-ring (bicyclic) bond motifs is 1. The molecule has 174 valence electrons. The number of ketones is 1. The van der Waals surface area contributed by atoms with Gasteiger partial charge in [-0.15, -0.1) is 0 Å². The molecule has 0 unspecified atom stereocenters. The first kappa shape index (κ1) is 24.9. The van der Waals surface area contributed by atoms with Gasteiger partial charge in [-0.25, -0.2) is 9.59 Å². The second-order valence-electron chi connectivity index (χ2n) is 8.59. The monoisotopic (exact) mass is 445 g/mol. The third-order valence-corrected chi connectivity index (χ3v) is 4.69. The number of hydrogen-bond donors (Lipinski definition) is 3. The van der Waals surface area contributed by atoms with Crippen LogP contribution in [0.3, 0.4) is 0 Å². The van der Waals surface area contributed by atoms with Gasteiger partial charge in [0, 0.05) is 29.9 Å². The van der Waals surface area contributed by atoms with E-state index < -0.39 is 35.7 Å². The van der Waals surface area contributed by atoms with Crippen LogP contribution in [-0.4, -0.2) is 53.5 Å². The lowest BCUT2D eigenvalue weighted by atomic mass is 10.0. The molecule has 9 heteroatoms. The molecule has 0 aliphatic heterocycles. The zero-order valence-electron chi connectivity index (χ0n) is 19.1. The first-order valence-electron chi connectivity index (χ1n) is 10.4. The van der Waals surface area contributed by atoms with Crippen LogP contribution in [0.1, 0.15) is 46.1 Å². The number of methoxy groups -OCH3 is 1. The summed E-state index contributed by atoms with van der Waals surface area (Å²) in [4.78, 5) is 52.1. The number of benzene rings is 1. The fourth-order valence-electron chi connectivity index (χ4n) is 3.19. The number of ether oxygens (including phenoxy) is 2. The second kappa shape index (κ2) is 10.8. The molecule has 0 aliphatic carbocycles. The van der Waals surface area contributed by atoms with Gasteiger partial charge in [-0.3, -0.25) is 4.79 Å². The molecular formula is C23H31N3O6. The van der Waals surface area contributed by atoms with Gasteiger partial charge in [0.2, 0.25) is 5.91 Å². The topological polar surface area (TPSA) is 127 Å². The highest BCUT2D eigenvalue weighted by molar-refractivity contribution is 5.91. The number of carbonyl (C=O) groups excluding carboxylic acids is 4. The fourth-order valence-corrected chi connectivity index (χ4v) is 3.19. The summed E-state index contributed by atoms with van der Waals surface area (Å²) < 4.78 is 10.1. The third kappa shape index (κ3) is 7.40. The van der Waals surface area contributed by atoms with E-state index >= 15 is 0 Å². The van der Waals surface area contributed by atoms with Crippen molar-refractivity contribution in [1.82, 2.24) is 15.6 Å². The number of hydrogen-bond acceptors (Lipinski definition) is 6. The lowest BCUT2D eigenvalue weighted by Crippen LogP contribution is -2.53. The molecule has 1 aromatic heterocycles. The molecule has 0 saturated carbocycles. The maximum Gasteiger partial charge on any atom is 0.408 e. The zero-order chi connectivity index (χ0) is 23.9. The van der Waals surface area contributed by atoms with Gasteiger partial charge in [-0.2, -0.15) is 0 Å². The van der Waals surface area contributed by atoms with Crippen LogP contribution in [0.25, 0.3) is 10.9 Å². The number of amides is 2. The van der Waals surface area contributed by atoms with E-state index in [-0.39, 0.29) is 25.0 Å². The van der Waals surface area contributed by atoms with Gasteiger partial charge in [0.1, 0.15) is 23.5 Å². The van der Waals surface area contributed by atoms with Gasteiger partial charge in [-0.1, -0.05) is 18.2 Å². The van der Waals surface area contributed by atoms with Crippen molar-refractivity contribution in [3.8, 4) is 0 Å². The molecule has 2 aromatic rings. The summed E-state index contributed by atoms with van der Waals surface area (Å²) in [6.45, 7) is 6.50. The summed E-state index contributed by atoms with van der Waals surface area (Å²) in [6.07, 6.45) is 1.33. The smallest absolute Gasteiger partial charge is 0.408 e. The first-order chi connectivity index (χ1) is 15.0. The molecule has 2 rings (SSSR count). The summed E-state index contributed by atoms with van der Waals surface area (Å²) in [5, 5.41) is 6.08. The van der Waals surface area contributed by atoms with Gasteiger partial charge < -0.3 is 29.9 Å². The number of nitrogens with one attached hydrogen (secondary N) is 3. The highest BCUT2D eigenvalue weighted by atomic mass is 16.6. The maximum absolute atomic E-state index is 13.0. The minimum atomic E-state index is -1.05. The van der Waals surface area contributed by atoms with E-state index in [1.807, 2.05) is 24.3 Å². The Balaban J connectivity index is 2.18. The predicted molar refractivity (Wildman–Crippen MR) is 119 cm³/mol. The van der Waals surface area contributed by atoms with Crippen LogP contribution in [0.4, 0.5) is 4.79 Å². The van der Waals surface area contributed by atoms with E-state index in [4.69, 9.17) is 9.47 Å². The van der Waals surface area contributed by atoms with Crippen molar-refractivity contribution in [3.63, 3.8) is 0 Å². The average Bonchev–Trinajstić information content (AvgIpc) is 3.11. The van der Waals surface area contributed by atoms with Crippen LogP contribution in [0, 0.1) is 0 Å². The van der Waals surface area contributed by atoms with Crippen LogP contribution >= 0.6 is 0 Å². The number of Topliss-reactive ketones (excluding diaryl/α,β-unsaturated/α-hetero) is 1. The van der Waals surface area contributed by atoms with E-state index in [2.05, 4.69) is 15.6 Å². The molecule has 32 heavy (non-hydrogen) atoms.